The van der Waals surface area contributed by atoms with E-state index in [1.54, 1.807) is 6.07 Å². The van der Waals surface area contributed by atoms with Crippen molar-refractivity contribution in [3.63, 3.8) is 0 Å². The second-order valence-electron chi connectivity index (χ2n) is 5.27. The molecular weight excluding hydrogens is 316 g/mol. The van der Waals surface area contributed by atoms with Crippen LogP contribution in [0.4, 0.5) is 5.13 Å². The lowest BCUT2D eigenvalue weighted by molar-refractivity contribution is -0.115. The number of rotatable bonds is 3. The third-order valence-corrected chi connectivity index (χ3v) is 4.87. The lowest BCUT2D eigenvalue weighted by Crippen LogP contribution is -2.14. The van der Waals surface area contributed by atoms with E-state index in [9.17, 15) is 4.79 Å². The van der Waals surface area contributed by atoms with Crippen molar-refractivity contribution >= 4 is 44.2 Å². The zero-order valence-electron chi connectivity index (χ0n) is 12.3. The number of fused-ring (bicyclic) bond motifs is 1. The first-order valence-corrected chi connectivity index (χ1v) is 8.13. The quantitative estimate of drug-likeness (QED) is 0.753. The first-order valence-electron chi connectivity index (χ1n) is 6.94. The van der Waals surface area contributed by atoms with Crippen LogP contribution in [0.3, 0.4) is 0 Å². The molecule has 0 atom stereocenters. The molecule has 1 heterocycles. The highest BCUT2D eigenvalue weighted by molar-refractivity contribution is 7.22. The highest BCUT2D eigenvalue weighted by Gasteiger charge is 2.11. The third-order valence-electron chi connectivity index (χ3n) is 3.38. The van der Waals surface area contributed by atoms with Gasteiger partial charge in [0.15, 0.2) is 5.13 Å². The van der Waals surface area contributed by atoms with E-state index >= 15 is 0 Å². The van der Waals surface area contributed by atoms with E-state index in [-0.39, 0.29) is 12.3 Å². The zero-order valence-corrected chi connectivity index (χ0v) is 13.9. The van der Waals surface area contributed by atoms with E-state index in [0.717, 1.165) is 15.8 Å². The van der Waals surface area contributed by atoms with Crippen LogP contribution in [-0.2, 0) is 11.2 Å². The number of hydrogen-bond acceptors (Lipinski definition) is 3. The molecule has 5 heteroatoms. The Morgan fingerprint density at radius 3 is 2.82 bits per heavy atom. The van der Waals surface area contributed by atoms with Gasteiger partial charge in [-0.2, -0.15) is 0 Å². The van der Waals surface area contributed by atoms with Crippen LogP contribution in [0.2, 0.25) is 5.02 Å². The molecule has 0 saturated carbocycles. The summed E-state index contributed by atoms with van der Waals surface area (Å²) in [5.74, 6) is -0.110. The number of aryl methyl sites for hydroxylation is 2. The van der Waals surface area contributed by atoms with Crippen LogP contribution < -0.4 is 5.32 Å². The molecule has 0 radical (unpaired) electrons. The zero-order chi connectivity index (χ0) is 15.7. The Balaban J connectivity index is 1.80. The average Bonchev–Trinajstić information content (AvgIpc) is 2.84. The van der Waals surface area contributed by atoms with Gasteiger partial charge in [-0.3, -0.25) is 4.79 Å². The van der Waals surface area contributed by atoms with E-state index in [1.807, 2.05) is 31.2 Å². The average molecular weight is 331 g/mol. The molecular formula is C17H15ClN2OS. The number of carbonyl (C=O) groups excluding carboxylic acids is 1. The molecule has 1 aromatic heterocycles. The van der Waals surface area contributed by atoms with Gasteiger partial charge in [-0.25, -0.2) is 4.98 Å². The Morgan fingerprint density at radius 2 is 2.05 bits per heavy atom. The number of aromatic nitrogens is 1. The monoisotopic (exact) mass is 330 g/mol. The summed E-state index contributed by atoms with van der Waals surface area (Å²) in [5.41, 5.74) is 4.09. The van der Waals surface area contributed by atoms with Crippen molar-refractivity contribution in [2.24, 2.45) is 0 Å². The van der Waals surface area contributed by atoms with Crippen LogP contribution >= 0.6 is 22.9 Å². The Labute approximate surface area is 138 Å². The van der Waals surface area contributed by atoms with Gasteiger partial charge in [0.2, 0.25) is 5.91 Å². The van der Waals surface area contributed by atoms with E-state index < -0.39 is 0 Å². The van der Waals surface area contributed by atoms with E-state index in [2.05, 4.69) is 23.3 Å². The molecule has 0 saturated heterocycles. The van der Waals surface area contributed by atoms with Crippen LogP contribution in [0.1, 0.15) is 16.7 Å². The summed E-state index contributed by atoms with van der Waals surface area (Å²) in [6.07, 6.45) is 0.244. The predicted octanol–water partition coefficient (Wildman–Crippen LogP) is 4.75. The summed E-state index contributed by atoms with van der Waals surface area (Å²) in [5, 5.41) is 4.09. The van der Waals surface area contributed by atoms with Crippen molar-refractivity contribution in [3.8, 4) is 0 Å². The molecule has 0 fully saturated rings. The van der Waals surface area contributed by atoms with Crippen LogP contribution in [-0.4, -0.2) is 10.9 Å². The second-order valence-corrected chi connectivity index (χ2v) is 6.67. The number of nitrogens with zero attached hydrogens (tertiary/aromatic N) is 1. The summed E-state index contributed by atoms with van der Waals surface area (Å²) in [4.78, 5) is 16.7. The lowest BCUT2D eigenvalue weighted by atomic mass is 10.1. The molecule has 2 aromatic carbocycles. The SMILES string of the molecule is Cc1cc(C)c2sc(NC(=O)Cc3ccccc3Cl)nc2c1. The lowest BCUT2D eigenvalue weighted by Gasteiger charge is -2.03. The predicted molar refractivity (Wildman–Crippen MR) is 92.9 cm³/mol. The standard InChI is InChI=1S/C17H15ClN2OS/c1-10-7-11(2)16-14(8-10)19-17(22-16)20-15(21)9-12-5-3-4-6-13(12)18/h3-8H,9H2,1-2H3,(H,19,20,21). The number of hydrogen-bond donors (Lipinski definition) is 1. The maximum atomic E-state index is 12.2. The number of amides is 1. The fourth-order valence-electron chi connectivity index (χ4n) is 2.41. The molecule has 3 rings (SSSR count). The molecule has 3 nitrogen and oxygen atoms in total. The minimum absolute atomic E-state index is 0.110. The van der Waals surface area contributed by atoms with Gasteiger partial charge in [0.25, 0.3) is 0 Å². The van der Waals surface area contributed by atoms with Gasteiger partial charge in [0.05, 0.1) is 16.6 Å². The molecule has 0 spiro atoms. The first kappa shape index (κ1) is 15.0. The second kappa shape index (κ2) is 6.07. The molecule has 1 amide bonds. The van der Waals surface area contributed by atoms with Gasteiger partial charge in [-0.15, -0.1) is 0 Å². The van der Waals surface area contributed by atoms with Crippen molar-refractivity contribution in [2.45, 2.75) is 20.3 Å². The Morgan fingerprint density at radius 1 is 1.27 bits per heavy atom. The Bertz CT molecular complexity index is 857. The molecule has 0 unspecified atom stereocenters. The van der Waals surface area contributed by atoms with Crippen LogP contribution in [0.5, 0.6) is 0 Å². The van der Waals surface area contributed by atoms with Crippen molar-refractivity contribution in [3.05, 3.63) is 58.1 Å². The first-order chi connectivity index (χ1) is 10.5. The minimum atomic E-state index is -0.110. The van der Waals surface area contributed by atoms with Crippen LogP contribution in [0, 0.1) is 13.8 Å². The molecule has 0 aliphatic rings. The number of benzene rings is 2. The van der Waals surface area contributed by atoms with Gasteiger partial charge < -0.3 is 5.32 Å². The van der Waals surface area contributed by atoms with Crippen molar-refractivity contribution in [1.29, 1.82) is 0 Å². The summed E-state index contributed by atoms with van der Waals surface area (Å²) < 4.78 is 1.11. The van der Waals surface area contributed by atoms with E-state index in [0.29, 0.717) is 10.2 Å². The number of nitrogens with one attached hydrogen (secondary N) is 1. The molecule has 112 valence electrons. The molecule has 0 aliphatic heterocycles. The summed E-state index contributed by atoms with van der Waals surface area (Å²) >= 11 is 7.58. The largest absolute Gasteiger partial charge is 0.302 e. The molecule has 22 heavy (non-hydrogen) atoms. The van der Waals surface area contributed by atoms with Gasteiger partial charge in [-0.1, -0.05) is 47.2 Å². The molecule has 0 bridgehead atoms. The summed E-state index contributed by atoms with van der Waals surface area (Å²) in [7, 11) is 0. The maximum Gasteiger partial charge on any atom is 0.230 e. The summed E-state index contributed by atoms with van der Waals surface area (Å²) in [6.45, 7) is 4.10. The fourth-order valence-corrected chi connectivity index (χ4v) is 3.54. The highest BCUT2D eigenvalue weighted by Crippen LogP contribution is 2.30. The Hall–Kier alpha value is -1.91. The number of halogens is 1. The molecule has 3 aromatic rings. The van der Waals surface area contributed by atoms with Crippen molar-refractivity contribution < 1.29 is 4.79 Å². The van der Waals surface area contributed by atoms with Crippen LogP contribution in [0.25, 0.3) is 10.2 Å². The van der Waals surface area contributed by atoms with Crippen LogP contribution in [0.15, 0.2) is 36.4 Å². The van der Waals surface area contributed by atoms with Gasteiger partial charge >= 0.3 is 0 Å². The van der Waals surface area contributed by atoms with Gasteiger partial charge in [-0.05, 0) is 42.7 Å². The maximum absolute atomic E-state index is 12.2. The van der Waals surface area contributed by atoms with E-state index in [1.165, 1.54) is 22.5 Å². The number of anilines is 1. The van der Waals surface area contributed by atoms with Crippen molar-refractivity contribution in [2.75, 3.05) is 5.32 Å². The smallest absolute Gasteiger partial charge is 0.230 e. The third kappa shape index (κ3) is 3.13. The van der Waals surface area contributed by atoms with Gasteiger partial charge in [0, 0.05) is 5.02 Å². The van der Waals surface area contributed by atoms with Gasteiger partial charge in [0.1, 0.15) is 0 Å². The normalized spacial score (nSPS) is 10.9. The highest BCUT2D eigenvalue weighted by atomic mass is 35.5. The summed E-state index contributed by atoms with van der Waals surface area (Å²) in [6, 6.07) is 11.5. The fraction of sp³-hybridized carbons (Fsp3) is 0.176. The minimum Gasteiger partial charge on any atom is -0.302 e. The number of carbonyl (C=O) groups is 1. The topological polar surface area (TPSA) is 42.0 Å². The molecule has 1 N–H and O–H groups in total. The van der Waals surface area contributed by atoms with Crippen molar-refractivity contribution in [1.82, 2.24) is 4.98 Å². The van der Waals surface area contributed by atoms with E-state index in [4.69, 9.17) is 11.6 Å². The Kier molecular flexibility index (Phi) is 4.14. The molecule has 0 aliphatic carbocycles. The number of thiazole rings is 1.